The van der Waals surface area contributed by atoms with Crippen molar-refractivity contribution in [2.75, 3.05) is 32.7 Å². The first-order valence-electron chi connectivity index (χ1n) is 10.5. The van der Waals surface area contributed by atoms with E-state index < -0.39 is 0 Å². The highest BCUT2D eigenvalue weighted by molar-refractivity contribution is 5.83. The standard InChI is InChI=1S/C22H41N3O/c1-8-24(9-2)17-13-14-18(5)23-20-15-12-16-22(7,21(20)19(6)26)25(10-3)11-4/h12,15-16,18,21,23H,8-11,13-14,17H2,1-7H3. The summed E-state index contributed by atoms with van der Waals surface area (Å²) < 4.78 is 0. The van der Waals surface area contributed by atoms with E-state index in [0.717, 1.165) is 44.8 Å². The highest BCUT2D eigenvalue weighted by Gasteiger charge is 2.42. The summed E-state index contributed by atoms with van der Waals surface area (Å²) in [5.41, 5.74) is 0.817. The van der Waals surface area contributed by atoms with E-state index in [0.29, 0.717) is 6.04 Å². The lowest BCUT2D eigenvalue weighted by Gasteiger charge is -2.46. The Balaban J connectivity index is 2.79. The number of nitrogens with zero attached hydrogens (tertiary/aromatic N) is 2. The molecule has 3 atom stereocenters. The minimum atomic E-state index is -0.257. The van der Waals surface area contributed by atoms with Crippen molar-refractivity contribution in [3.63, 3.8) is 0 Å². The Morgan fingerprint density at radius 1 is 1.19 bits per heavy atom. The monoisotopic (exact) mass is 363 g/mol. The Morgan fingerprint density at radius 2 is 1.81 bits per heavy atom. The topological polar surface area (TPSA) is 35.6 Å². The molecule has 0 spiro atoms. The summed E-state index contributed by atoms with van der Waals surface area (Å²) >= 11 is 0. The van der Waals surface area contributed by atoms with Gasteiger partial charge in [0.1, 0.15) is 5.78 Å². The lowest BCUT2D eigenvalue weighted by atomic mass is 9.76. The van der Waals surface area contributed by atoms with E-state index in [9.17, 15) is 4.79 Å². The Kier molecular flexibility index (Phi) is 9.59. The van der Waals surface area contributed by atoms with Gasteiger partial charge in [0.15, 0.2) is 0 Å². The molecule has 0 amide bonds. The summed E-state index contributed by atoms with van der Waals surface area (Å²) in [6.07, 6.45) is 8.70. The van der Waals surface area contributed by atoms with E-state index in [-0.39, 0.29) is 17.2 Å². The molecule has 1 rings (SSSR count). The van der Waals surface area contributed by atoms with Crippen molar-refractivity contribution in [2.24, 2.45) is 5.92 Å². The van der Waals surface area contributed by atoms with Crippen LogP contribution in [0.2, 0.25) is 0 Å². The molecule has 0 saturated carbocycles. The van der Waals surface area contributed by atoms with Gasteiger partial charge in [-0.1, -0.05) is 39.8 Å². The second-order valence-corrected chi connectivity index (χ2v) is 7.64. The number of hydrogen-bond donors (Lipinski definition) is 1. The molecule has 150 valence electrons. The smallest absolute Gasteiger partial charge is 0.140 e. The van der Waals surface area contributed by atoms with Crippen molar-refractivity contribution in [3.8, 4) is 0 Å². The highest BCUT2D eigenvalue weighted by atomic mass is 16.1. The van der Waals surface area contributed by atoms with Gasteiger partial charge in [-0.25, -0.2) is 0 Å². The van der Waals surface area contributed by atoms with Crippen LogP contribution in [0.15, 0.2) is 23.9 Å². The predicted octanol–water partition coefficient (Wildman–Crippen LogP) is 3.85. The van der Waals surface area contributed by atoms with Gasteiger partial charge in [0.05, 0.1) is 11.5 Å². The molecule has 0 aromatic carbocycles. The summed E-state index contributed by atoms with van der Waals surface area (Å²) in [4.78, 5) is 17.4. The van der Waals surface area contributed by atoms with Crippen LogP contribution in [0.3, 0.4) is 0 Å². The SMILES string of the molecule is CCN(CC)CCCC(C)NC1=CC=CC(C)(N(CC)CC)C1C(C)=O. The first-order chi connectivity index (χ1) is 12.3. The molecule has 1 N–H and O–H groups in total. The molecule has 4 nitrogen and oxygen atoms in total. The van der Waals surface area contributed by atoms with Crippen LogP contribution >= 0.6 is 0 Å². The summed E-state index contributed by atoms with van der Waals surface area (Å²) in [6, 6.07) is 0.367. The summed E-state index contributed by atoms with van der Waals surface area (Å²) in [7, 11) is 0. The zero-order valence-corrected chi connectivity index (χ0v) is 18.1. The third kappa shape index (κ3) is 5.68. The van der Waals surface area contributed by atoms with Crippen LogP contribution in [0, 0.1) is 5.92 Å². The lowest BCUT2D eigenvalue weighted by molar-refractivity contribution is -0.123. The van der Waals surface area contributed by atoms with E-state index >= 15 is 0 Å². The Morgan fingerprint density at radius 3 is 2.31 bits per heavy atom. The maximum atomic E-state index is 12.6. The minimum absolute atomic E-state index is 0.127. The van der Waals surface area contributed by atoms with Crippen LogP contribution in [0.5, 0.6) is 0 Å². The maximum absolute atomic E-state index is 12.6. The number of ketones is 1. The number of rotatable bonds is 12. The van der Waals surface area contributed by atoms with Gasteiger partial charge in [-0.2, -0.15) is 0 Å². The van der Waals surface area contributed by atoms with Crippen LogP contribution in [0.1, 0.15) is 61.3 Å². The number of hydrogen-bond acceptors (Lipinski definition) is 4. The molecule has 0 aliphatic heterocycles. The quantitative estimate of drug-likeness (QED) is 0.571. The number of carbonyl (C=O) groups is 1. The number of Topliss-reactive ketones (excluding diaryl/α,β-unsaturated/α-hetero) is 1. The molecule has 1 aliphatic carbocycles. The van der Waals surface area contributed by atoms with Crippen LogP contribution < -0.4 is 5.32 Å². The summed E-state index contributed by atoms with van der Waals surface area (Å²) in [5.74, 6) is 0.107. The Bertz CT molecular complexity index is 492. The van der Waals surface area contributed by atoms with Gasteiger partial charge >= 0.3 is 0 Å². The van der Waals surface area contributed by atoms with E-state index in [1.54, 1.807) is 6.92 Å². The molecular formula is C22H41N3O. The highest BCUT2D eigenvalue weighted by Crippen LogP contribution is 2.35. The van der Waals surface area contributed by atoms with E-state index in [4.69, 9.17) is 0 Å². The Hall–Kier alpha value is -1.13. The number of allylic oxidation sites excluding steroid dienone is 2. The van der Waals surface area contributed by atoms with Crippen LogP contribution in [-0.2, 0) is 4.79 Å². The van der Waals surface area contributed by atoms with Crippen LogP contribution in [0.25, 0.3) is 0 Å². The molecule has 0 saturated heterocycles. The summed E-state index contributed by atoms with van der Waals surface area (Å²) in [5, 5.41) is 3.66. The first-order valence-corrected chi connectivity index (χ1v) is 10.5. The molecule has 0 heterocycles. The fourth-order valence-corrected chi connectivity index (χ4v) is 4.33. The Labute approximate surface area is 161 Å². The lowest BCUT2D eigenvalue weighted by Crippen LogP contribution is -2.55. The fourth-order valence-electron chi connectivity index (χ4n) is 4.33. The maximum Gasteiger partial charge on any atom is 0.140 e. The third-order valence-corrected chi connectivity index (χ3v) is 5.88. The second kappa shape index (κ2) is 10.9. The second-order valence-electron chi connectivity index (χ2n) is 7.64. The van der Waals surface area contributed by atoms with Gasteiger partial charge in [0.2, 0.25) is 0 Å². The average Bonchev–Trinajstić information content (AvgIpc) is 2.59. The van der Waals surface area contributed by atoms with Crippen LogP contribution in [-0.4, -0.2) is 59.9 Å². The van der Waals surface area contributed by atoms with Crippen molar-refractivity contribution in [1.29, 1.82) is 0 Å². The minimum Gasteiger partial charge on any atom is -0.385 e. The van der Waals surface area contributed by atoms with Crippen molar-refractivity contribution in [3.05, 3.63) is 23.9 Å². The molecule has 0 radical (unpaired) electrons. The van der Waals surface area contributed by atoms with Crippen molar-refractivity contribution >= 4 is 5.78 Å². The van der Waals surface area contributed by atoms with Gasteiger partial charge in [-0.15, -0.1) is 0 Å². The van der Waals surface area contributed by atoms with E-state index in [1.165, 1.54) is 6.42 Å². The third-order valence-electron chi connectivity index (χ3n) is 5.88. The summed E-state index contributed by atoms with van der Waals surface area (Å²) in [6.45, 7) is 20.2. The number of likely N-dealkylation sites (N-methyl/N-ethyl adjacent to an activating group) is 1. The van der Waals surface area contributed by atoms with Gasteiger partial charge in [-0.05, 0) is 72.4 Å². The molecule has 0 aromatic rings. The van der Waals surface area contributed by atoms with Gasteiger partial charge < -0.3 is 10.2 Å². The van der Waals surface area contributed by atoms with Gasteiger partial charge in [0, 0.05) is 11.7 Å². The van der Waals surface area contributed by atoms with E-state index in [1.807, 2.05) is 0 Å². The number of nitrogens with one attached hydrogen (secondary N) is 1. The molecule has 4 heteroatoms. The largest absolute Gasteiger partial charge is 0.385 e. The molecule has 0 fully saturated rings. The molecular weight excluding hydrogens is 322 g/mol. The molecule has 26 heavy (non-hydrogen) atoms. The molecule has 1 aliphatic rings. The van der Waals surface area contributed by atoms with Crippen molar-refractivity contribution < 1.29 is 4.79 Å². The van der Waals surface area contributed by atoms with Gasteiger partial charge in [-0.3, -0.25) is 9.69 Å². The number of carbonyl (C=O) groups excluding carboxylic acids is 1. The van der Waals surface area contributed by atoms with Crippen LogP contribution in [0.4, 0.5) is 0 Å². The van der Waals surface area contributed by atoms with Crippen molar-refractivity contribution in [1.82, 2.24) is 15.1 Å². The fraction of sp³-hybridized carbons (Fsp3) is 0.773. The zero-order valence-electron chi connectivity index (χ0n) is 18.1. The predicted molar refractivity (Wildman–Crippen MR) is 112 cm³/mol. The molecule has 0 bridgehead atoms. The average molecular weight is 364 g/mol. The van der Waals surface area contributed by atoms with Gasteiger partial charge in [0.25, 0.3) is 0 Å². The molecule has 0 aromatic heterocycles. The normalized spacial score (nSPS) is 24.0. The first kappa shape index (κ1) is 22.9. The zero-order chi connectivity index (χ0) is 19.7. The van der Waals surface area contributed by atoms with E-state index in [2.05, 4.69) is 74.9 Å². The van der Waals surface area contributed by atoms with Crippen molar-refractivity contribution in [2.45, 2.75) is 72.9 Å². The molecule has 3 unspecified atom stereocenters.